The second kappa shape index (κ2) is 7.32. The largest absolute Gasteiger partial charge is 0.396 e. The fourth-order valence-corrected chi connectivity index (χ4v) is 1.26. The van der Waals surface area contributed by atoms with E-state index >= 15 is 0 Å². The molecule has 2 nitrogen and oxygen atoms in total. The van der Waals surface area contributed by atoms with E-state index < -0.39 is 0 Å². The highest BCUT2D eigenvalue weighted by Crippen LogP contribution is 2.01. The van der Waals surface area contributed by atoms with Gasteiger partial charge in [-0.2, -0.15) is 0 Å². The van der Waals surface area contributed by atoms with Crippen LogP contribution in [0.1, 0.15) is 26.7 Å². The Morgan fingerprint density at radius 2 is 2.17 bits per heavy atom. The first-order valence-corrected chi connectivity index (χ1v) is 4.77. The molecule has 0 aliphatic heterocycles. The molecule has 3 N–H and O–H groups in total. The molecular weight excluding hydrogens is 150 g/mol. The van der Waals surface area contributed by atoms with Gasteiger partial charge in [0.15, 0.2) is 0 Å². The number of hydrogen-bond acceptors (Lipinski definition) is 1. The Morgan fingerprint density at radius 3 is 2.58 bits per heavy atom. The lowest BCUT2D eigenvalue weighted by atomic mass is 10.0. The molecule has 0 aliphatic rings. The van der Waals surface area contributed by atoms with E-state index in [9.17, 15) is 0 Å². The Kier molecular flexibility index (Phi) is 7.11. The van der Waals surface area contributed by atoms with Crippen molar-refractivity contribution < 1.29 is 10.4 Å². The lowest BCUT2D eigenvalue weighted by Crippen LogP contribution is -2.91. The maximum atomic E-state index is 8.61. The molecule has 2 heteroatoms. The van der Waals surface area contributed by atoms with Gasteiger partial charge >= 0.3 is 0 Å². The van der Waals surface area contributed by atoms with E-state index in [1.165, 1.54) is 0 Å². The van der Waals surface area contributed by atoms with Crippen molar-refractivity contribution in [1.29, 1.82) is 0 Å². The van der Waals surface area contributed by atoms with Crippen molar-refractivity contribution in [2.75, 3.05) is 13.2 Å². The Labute approximate surface area is 75.7 Å². The van der Waals surface area contributed by atoms with Gasteiger partial charge in [0.05, 0.1) is 12.6 Å². The third-order valence-corrected chi connectivity index (χ3v) is 2.13. The number of rotatable bonds is 7. The number of aliphatic hydroxyl groups excluding tert-OH is 1. The summed E-state index contributed by atoms with van der Waals surface area (Å²) in [5, 5.41) is 10.9. The van der Waals surface area contributed by atoms with E-state index in [1.807, 2.05) is 6.08 Å². The Bertz CT molecular complexity index is 112. The second-order valence-electron chi connectivity index (χ2n) is 3.53. The van der Waals surface area contributed by atoms with E-state index in [0.29, 0.717) is 18.6 Å². The maximum Gasteiger partial charge on any atom is 0.0916 e. The summed E-state index contributed by atoms with van der Waals surface area (Å²) in [5.41, 5.74) is 0. The highest BCUT2D eigenvalue weighted by molar-refractivity contribution is 4.73. The average Bonchev–Trinajstić information content (AvgIpc) is 2.03. The van der Waals surface area contributed by atoms with Crippen LogP contribution < -0.4 is 5.32 Å². The van der Waals surface area contributed by atoms with Crippen molar-refractivity contribution in [2.24, 2.45) is 5.92 Å². The minimum atomic E-state index is 0.301. The van der Waals surface area contributed by atoms with Crippen LogP contribution in [0.15, 0.2) is 12.7 Å². The number of quaternary nitrogens is 1. The zero-order valence-corrected chi connectivity index (χ0v) is 8.29. The topological polar surface area (TPSA) is 36.8 Å². The van der Waals surface area contributed by atoms with Gasteiger partial charge < -0.3 is 10.4 Å². The summed E-state index contributed by atoms with van der Waals surface area (Å²) in [6.07, 6.45) is 3.92. The van der Waals surface area contributed by atoms with E-state index in [2.05, 4.69) is 25.7 Å². The molecule has 0 fully saturated rings. The van der Waals surface area contributed by atoms with Gasteiger partial charge in [-0.05, 0) is 0 Å². The zero-order chi connectivity index (χ0) is 9.40. The zero-order valence-electron chi connectivity index (χ0n) is 8.29. The van der Waals surface area contributed by atoms with E-state index in [0.717, 1.165) is 19.4 Å². The fraction of sp³-hybridized carbons (Fsp3) is 0.800. The molecule has 0 heterocycles. The van der Waals surface area contributed by atoms with Gasteiger partial charge in [-0.3, -0.25) is 0 Å². The van der Waals surface area contributed by atoms with Crippen molar-refractivity contribution in [3.8, 4) is 0 Å². The van der Waals surface area contributed by atoms with Crippen molar-refractivity contribution in [2.45, 2.75) is 32.7 Å². The SMILES string of the molecule is C=CC[C@H]([NH2+]CCCO)C(C)C. The molecule has 0 unspecified atom stereocenters. The number of aliphatic hydroxyl groups is 1. The smallest absolute Gasteiger partial charge is 0.0916 e. The molecule has 0 spiro atoms. The first-order chi connectivity index (χ1) is 5.72. The highest BCUT2D eigenvalue weighted by Gasteiger charge is 2.13. The molecule has 0 saturated carbocycles. The van der Waals surface area contributed by atoms with Crippen molar-refractivity contribution >= 4 is 0 Å². The van der Waals surface area contributed by atoms with Gasteiger partial charge in [0.2, 0.25) is 0 Å². The highest BCUT2D eigenvalue weighted by atomic mass is 16.3. The maximum absolute atomic E-state index is 8.61. The van der Waals surface area contributed by atoms with Crippen LogP contribution in [0.25, 0.3) is 0 Å². The summed E-state index contributed by atoms with van der Waals surface area (Å²) in [4.78, 5) is 0. The molecule has 0 aromatic heterocycles. The molecule has 0 aliphatic carbocycles. The van der Waals surface area contributed by atoms with Crippen molar-refractivity contribution in [1.82, 2.24) is 0 Å². The minimum absolute atomic E-state index is 0.301. The molecule has 72 valence electrons. The van der Waals surface area contributed by atoms with Crippen LogP contribution in [0.3, 0.4) is 0 Å². The second-order valence-corrected chi connectivity index (χ2v) is 3.53. The standard InChI is InChI=1S/C10H21NO/c1-4-6-10(9(2)3)11-7-5-8-12/h4,9-12H,1,5-8H2,2-3H3/p+1/t10-/m0/s1. The quantitative estimate of drug-likeness (QED) is 0.426. The molecule has 0 radical (unpaired) electrons. The van der Waals surface area contributed by atoms with Crippen LogP contribution in [-0.2, 0) is 0 Å². The molecular formula is C10H22NO+. The molecule has 0 amide bonds. The van der Waals surface area contributed by atoms with Crippen LogP contribution in [0.2, 0.25) is 0 Å². The van der Waals surface area contributed by atoms with Crippen molar-refractivity contribution in [3.05, 3.63) is 12.7 Å². The molecule has 0 rings (SSSR count). The van der Waals surface area contributed by atoms with Gasteiger partial charge in [0.1, 0.15) is 0 Å². The summed E-state index contributed by atoms with van der Waals surface area (Å²) in [7, 11) is 0. The van der Waals surface area contributed by atoms with E-state index in [4.69, 9.17) is 5.11 Å². The van der Waals surface area contributed by atoms with Gasteiger partial charge in [-0.25, -0.2) is 0 Å². The normalized spacial score (nSPS) is 13.3. The molecule has 12 heavy (non-hydrogen) atoms. The minimum Gasteiger partial charge on any atom is -0.396 e. The summed E-state index contributed by atoms with van der Waals surface area (Å²) in [6.45, 7) is 9.52. The van der Waals surface area contributed by atoms with Crippen LogP contribution >= 0.6 is 0 Å². The number of hydrogen-bond donors (Lipinski definition) is 2. The van der Waals surface area contributed by atoms with Crippen LogP contribution in [0, 0.1) is 5.92 Å². The predicted molar refractivity (Wildman–Crippen MR) is 51.9 cm³/mol. The fourth-order valence-electron chi connectivity index (χ4n) is 1.26. The summed E-state index contributed by atoms with van der Waals surface area (Å²) < 4.78 is 0. The lowest BCUT2D eigenvalue weighted by molar-refractivity contribution is -0.694. The van der Waals surface area contributed by atoms with Crippen LogP contribution in [0.4, 0.5) is 0 Å². The molecule has 1 atom stereocenters. The molecule has 0 aromatic rings. The molecule has 0 bridgehead atoms. The Hall–Kier alpha value is -0.340. The van der Waals surface area contributed by atoms with Gasteiger partial charge in [0.25, 0.3) is 0 Å². The summed E-state index contributed by atoms with van der Waals surface area (Å²) >= 11 is 0. The third kappa shape index (κ3) is 5.33. The van der Waals surface area contributed by atoms with Gasteiger partial charge in [-0.15, -0.1) is 6.58 Å². The van der Waals surface area contributed by atoms with Crippen LogP contribution in [0.5, 0.6) is 0 Å². The third-order valence-electron chi connectivity index (χ3n) is 2.13. The van der Waals surface area contributed by atoms with E-state index in [1.54, 1.807) is 0 Å². The van der Waals surface area contributed by atoms with E-state index in [-0.39, 0.29) is 0 Å². The number of nitrogens with two attached hydrogens (primary N) is 1. The van der Waals surface area contributed by atoms with Gasteiger partial charge in [0, 0.05) is 25.4 Å². The predicted octanol–water partition coefficient (Wildman–Crippen LogP) is 0.533. The summed E-state index contributed by atoms with van der Waals surface area (Å²) in [6, 6.07) is 0.633. The Morgan fingerprint density at radius 1 is 1.50 bits per heavy atom. The van der Waals surface area contributed by atoms with Crippen molar-refractivity contribution in [3.63, 3.8) is 0 Å². The first-order valence-electron chi connectivity index (χ1n) is 4.77. The lowest BCUT2D eigenvalue weighted by Gasteiger charge is -2.17. The van der Waals surface area contributed by atoms with Gasteiger partial charge in [-0.1, -0.05) is 19.9 Å². The monoisotopic (exact) mass is 172 g/mol. The molecule has 0 aromatic carbocycles. The van der Waals surface area contributed by atoms with Crippen LogP contribution in [-0.4, -0.2) is 24.3 Å². The molecule has 0 saturated heterocycles. The summed E-state index contributed by atoms with van der Waals surface area (Å²) in [5.74, 6) is 0.682. The Balaban J connectivity index is 3.55. The first kappa shape index (κ1) is 11.7. The average molecular weight is 172 g/mol.